The molecule has 22 heavy (non-hydrogen) atoms. The Morgan fingerprint density at radius 2 is 2.27 bits per heavy atom. The average Bonchev–Trinajstić information content (AvgIpc) is 2.89. The molecule has 1 amide bonds. The predicted octanol–water partition coefficient (Wildman–Crippen LogP) is 2.95. The van der Waals surface area contributed by atoms with Crippen LogP contribution in [-0.4, -0.2) is 29.4 Å². The first-order valence-corrected chi connectivity index (χ1v) is 7.41. The summed E-state index contributed by atoms with van der Waals surface area (Å²) in [5.74, 6) is -0.972. The van der Waals surface area contributed by atoms with Crippen molar-refractivity contribution in [2.24, 2.45) is 13.0 Å². The van der Waals surface area contributed by atoms with Crippen LogP contribution in [0.25, 0.3) is 0 Å². The lowest BCUT2D eigenvalue weighted by Crippen LogP contribution is -2.43. The average molecular weight is 318 g/mol. The van der Waals surface area contributed by atoms with E-state index in [0.717, 1.165) is 6.42 Å². The second-order valence-electron chi connectivity index (χ2n) is 5.72. The van der Waals surface area contributed by atoms with Crippen molar-refractivity contribution < 1.29 is 22.7 Å². The molecule has 1 aromatic rings. The van der Waals surface area contributed by atoms with Crippen molar-refractivity contribution >= 4 is 5.91 Å². The standard InChI is InChI=1S/C15H21F3N2O2/c1-3-12-8-10(5-7-22-12)14(21)19-13(15(16,17)18)11-4-6-20(2)9-11/h4,6,9-10,12-13H,3,5,7-8H2,1-2H3,(H,19,21)/t10-,12+,13-/m0/s1. The van der Waals surface area contributed by atoms with Crippen LogP contribution in [0.4, 0.5) is 13.2 Å². The molecule has 4 nitrogen and oxygen atoms in total. The maximum Gasteiger partial charge on any atom is 0.412 e. The molecular weight excluding hydrogens is 297 g/mol. The summed E-state index contributed by atoms with van der Waals surface area (Å²) in [6.07, 6.45) is 0.0190. The lowest BCUT2D eigenvalue weighted by Gasteiger charge is -2.30. The number of nitrogens with zero attached hydrogens (tertiary/aromatic N) is 1. The Balaban J connectivity index is 2.08. The zero-order valence-electron chi connectivity index (χ0n) is 12.7. The highest BCUT2D eigenvalue weighted by Gasteiger charge is 2.43. The summed E-state index contributed by atoms with van der Waals surface area (Å²) in [6, 6.07) is -0.596. The molecule has 1 aliphatic rings. The minimum Gasteiger partial charge on any atom is -0.378 e. The van der Waals surface area contributed by atoms with Gasteiger partial charge in [-0.05, 0) is 25.3 Å². The second-order valence-corrected chi connectivity index (χ2v) is 5.72. The zero-order valence-corrected chi connectivity index (χ0v) is 12.7. The first-order valence-electron chi connectivity index (χ1n) is 7.41. The van der Waals surface area contributed by atoms with E-state index in [-0.39, 0.29) is 11.7 Å². The molecule has 124 valence electrons. The number of hydrogen-bond donors (Lipinski definition) is 1. The van der Waals surface area contributed by atoms with Gasteiger partial charge in [0.1, 0.15) is 0 Å². The van der Waals surface area contributed by atoms with Gasteiger partial charge in [-0.2, -0.15) is 13.2 Å². The number of carbonyl (C=O) groups is 1. The van der Waals surface area contributed by atoms with Crippen LogP contribution in [0.15, 0.2) is 18.5 Å². The number of nitrogens with one attached hydrogen (secondary N) is 1. The quantitative estimate of drug-likeness (QED) is 0.927. The Hall–Kier alpha value is -1.50. The van der Waals surface area contributed by atoms with E-state index in [2.05, 4.69) is 5.32 Å². The van der Waals surface area contributed by atoms with Crippen molar-refractivity contribution in [2.75, 3.05) is 6.61 Å². The molecule has 1 aromatic heterocycles. The smallest absolute Gasteiger partial charge is 0.378 e. The number of carbonyl (C=O) groups excluding carboxylic acids is 1. The molecule has 1 N–H and O–H groups in total. The van der Waals surface area contributed by atoms with Crippen LogP contribution < -0.4 is 5.32 Å². The van der Waals surface area contributed by atoms with E-state index < -0.39 is 24.0 Å². The fourth-order valence-corrected chi connectivity index (χ4v) is 2.71. The molecule has 2 rings (SSSR count). The van der Waals surface area contributed by atoms with E-state index in [9.17, 15) is 18.0 Å². The Morgan fingerprint density at radius 1 is 1.55 bits per heavy atom. The van der Waals surface area contributed by atoms with Crippen LogP contribution in [0.2, 0.25) is 0 Å². The Labute approximate surface area is 127 Å². The van der Waals surface area contributed by atoms with E-state index >= 15 is 0 Å². The molecule has 7 heteroatoms. The van der Waals surface area contributed by atoms with Gasteiger partial charge in [0.2, 0.25) is 5.91 Å². The molecule has 1 fully saturated rings. The third-order valence-corrected chi connectivity index (χ3v) is 4.00. The molecular formula is C15H21F3N2O2. The van der Waals surface area contributed by atoms with Crippen LogP contribution in [0.1, 0.15) is 37.8 Å². The topological polar surface area (TPSA) is 43.3 Å². The van der Waals surface area contributed by atoms with Gasteiger partial charge >= 0.3 is 6.18 Å². The number of ether oxygens (including phenoxy) is 1. The van der Waals surface area contributed by atoms with Crippen molar-refractivity contribution in [3.63, 3.8) is 0 Å². The van der Waals surface area contributed by atoms with Crippen LogP contribution in [-0.2, 0) is 16.6 Å². The van der Waals surface area contributed by atoms with Crippen LogP contribution in [0.3, 0.4) is 0 Å². The van der Waals surface area contributed by atoms with Gasteiger partial charge in [-0.15, -0.1) is 0 Å². The molecule has 0 aliphatic carbocycles. The third-order valence-electron chi connectivity index (χ3n) is 4.00. The van der Waals surface area contributed by atoms with Gasteiger partial charge in [-0.1, -0.05) is 6.92 Å². The Morgan fingerprint density at radius 3 is 2.82 bits per heavy atom. The monoisotopic (exact) mass is 318 g/mol. The molecule has 0 bridgehead atoms. The predicted molar refractivity (Wildman–Crippen MR) is 75.1 cm³/mol. The fourth-order valence-electron chi connectivity index (χ4n) is 2.71. The summed E-state index contributed by atoms with van der Waals surface area (Å²) in [6.45, 7) is 2.35. The van der Waals surface area contributed by atoms with Crippen LogP contribution in [0.5, 0.6) is 0 Å². The van der Waals surface area contributed by atoms with Gasteiger partial charge in [0.05, 0.1) is 6.10 Å². The summed E-state index contributed by atoms with van der Waals surface area (Å²) >= 11 is 0. The number of hydrogen-bond acceptors (Lipinski definition) is 2. The summed E-state index contributed by atoms with van der Waals surface area (Å²) in [5.41, 5.74) is 0.0439. The highest BCUT2D eigenvalue weighted by molar-refractivity contribution is 5.79. The van der Waals surface area contributed by atoms with E-state index in [1.807, 2.05) is 6.92 Å². The number of aromatic nitrogens is 1. The number of halogens is 3. The van der Waals surface area contributed by atoms with Crippen molar-refractivity contribution in [3.8, 4) is 0 Å². The number of rotatable bonds is 4. The van der Waals surface area contributed by atoms with E-state index in [4.69, 9.17) is 4.74 Å². The van der Waals surface area contributed by atoms with Gasteiger partial charge < -0.3 is 14.6 Å². The first kappa shape index (κ1) is 16.9. The maximum absolute atomic E-state index is 13.2. The van der Waals surface area contributed by atoms with Crippen molar-refractivity contribution in [2.45, 2.75) is 44.5 Å². The summed E-state index contributed by atoms with van der Waals surface area (Å²) < 4.78 is 46.7. The molecule has 0 spiro atoms. The van der Waals surface area contributed by atoms with Gasteiger partial charge in [-0.3, -0.25) is 4.79 Å². The third kappa shape index (κ3) is 4.03. The van der Waals surface area contributed by atoms with Crippen molar-refractivity contribution in [1.82, 2.24) is 9.88 Å². The van der Waals surface area contributed by atoms with Gasteiger partial charge in [0.25, 0.3) is 0 Å². The lowest BCUT2D eigenvalue weighted by atomic mass is 9.93. The van der Waals surface area contributed by atoms with Crippen molar-refractivity contribution in [1.29, 1.82) is 0 Å². The normalized spacial score (nSPS) is 24.0. The fraction of sp³-hybridized carbons (Fsp3) is 0.667. The minimum atomic E-state index is -4.52. The molecule has 0 unspecified atom stereocenters. The summed E-state index contributed by atoms with van der Waals surface area (Å²) in [4.78, 5) is 12.2. The zero-order chi connectivity index (χ0) is 16.3. The summed E-state index contributed by atoms with van der Waals surface area (Å²) in [5, 5.41) is 2.17. The first-order chi connectivity index (χ1) is 10.3. The van der Waals surface area contributed by atoms with Crippen LogP contribution in [0, 0.1) is 5.92 Å². The molecule has 0 aromatic carbocycles. The largest absolute Gasteiger partial charge is 0.412 e. The van der Waals surface area contributed by atoms with E-state index in [0.29, 0.717) is 19.4 Å². The molecule has 1 aliphatic heterocycles. The van der Waals surface area contributed by atoms with E-state index in [1.54, 1.807) is 7.05 Å². The second kappa shape index (κ2) is 6.73. The molecule has 0 saturated carbocycles. The Kier molecular flexibility index (Phi) is 5.16. The SMILES string of the molecule is CC[C@@H]1C[C@@H](C(=O)N[C@@H](c2ccn(C)c2)C(F)(F)F)CCO1. The van der Waals surface area contributed by atoms with Gasteiger partial charge in [0.15, 0.2) is 6.04 Å². The van der Waals surface area contributed by atoms with Crippen LogP contribution >= 0.6 is 0 Å². The molecule has 2 heterocycles. The molecule has 1 saturated heterocycles. The highest BCUT2D eigenvalue weighted by atomic mass is 19.4. The summed E-state index contributed by atoms with van der Waals surface area (Å²) in [7, 11) is 1.64. The van der Waals surface area contributed by atoms with Gasteiger partial charge in [0, 0.05) is 37.5 Å². The number of aryl methyl sites for hydroxylation is 1. The highest BCUT2D eigenvalue weighted by Crippen LogP contribution is 2.33. The molecule has 0 radical (unpaired) electrons. The minimum absolute atomic E-state index is 0.0439. The van der Waals surface area contributed by atoms with Gasteiger partial charge in [-0.25, -0.2) is 0 Å². The van der Waals surface area contributed by atoms with E-state index in [1.165, 1.54) is 23.0 Å². The number of alkyl halides is 3. The number of amides is 1. The molecule has 3 atom stereocenters. The lowest BCUT2D eigenvalue weighted by molar-refractivity contribution is -0.166. The Bertz CT molecular complexity index is 513. The maximum atomic E-state index is 13.2. The van der Waals surface area contributed by atoms with Crippen molar-refractivity contribution in [3.05, 3.63) is 24.0 Å².